The van der Waals surface area contributed by atoms with E-state index in [2.05, 4.69) is 0 Å². The lowest BCUT2D eigenvalue weighted by atomic mass is 10.2. The number of amides is 1. The molecule has 116 valence electrons. The van der Waals surface area contributed by atoms with E-state index in [9.17, 15) is 9.59 Å². The highest BCUT2D eigenvalue weighted by Gasteiger charge is 2.08. The fourth-order valence-electron chi connectivity index (χ4n) is 1.88. The van der Waals surface area contributed by atoms with Crippen molar-refractivity contribution in [3.05, 3.63) is 30.3 Å². The van der Waals surface area contributed by atoms with Crippen LogP contribution in [0.1, 0.15) is 32.1 Å². The molecule has 0 spiro atoms. The zero-order valence-electron chi connectivity index (χ0n) is 12.5. The molecule has 1 rings (SSSR count). The molecule has 0 aromatic heterocycles. The fourth-order valence-corrected chi connectivity index (χ4v) is 1.88. The Kier molecular flexibility index (Phi) is 7.94. The molecule has 0 unspecified atom stereocenters. The predicted octanol–water partition coefficient (Wildman–Crippen LogP) is 2.56. The third kappa shape index (κ3) is 7.97. The number of hydrogen-bond donors (Lipinski definition) is 1. The highest BCUT2D eigenvalue weighted by atomic mass is 16.5. The second-order valence-corrected chi connectivity index (χ2v) is 4.93. The van der Waals surface area contributed by atoms with E-state index in [1.807, 2.05) is 30.3 Å². The average Bonchev–Trinajstić information content (AvgIpc) is 2.48. The van der Waals surface area contributed by atoms with Gasteiger partial charge in [-0.15, -0.1) is 0 Å². The summed E-state index contributed by atoms with van der Waals surface area (Å²) in [5.41, 5.74) is 0. The van der Waals surface area contributed by atoms with Crippen molar-refractivity contribution < 1.29 is 19.4 Å². The quantitative estimate of drug-likeness (QED) is 0.673. The van der Waals surface area contributed by atoms with Crippen molar-refractivity contribution in [2.45, 2.75) is 32.1 Å². The Morgan fingerprint density at radius 2 is 1.76 bits per heavy atom. The van der Waals surface area contributed by atoms with Crippen LogP contribution in [0.15, 0.2) is 30.3 Å². The number of carboxylic acids is 1. The summed E-state index contributed by atoms with van der Waals surface area (Å²) in [5.74, 6) is 0.0779. The Morgan fingerprint density at radius 3 is 2.43 bits per heavy atom. The topological polar surface area (TPSA) is 66.8 Å². The van der Waals surface area contributed by atoms with Gasteiger partial charge in [-0.1, -0.05) is 18.2 Å². The summed E-state index contributed by atoms with van der Waals surface area (Å²) in [6.07, 6.45) is 2.47. The SMILES string of the molecule is CN(CCCOc1ccccc1)C(=O)CCCCC(=O)O. The molecule has 1 aromatic rings. The normalized spacial score (nSPS) is 10.1. The van der Waals surface area contributed by atoms with Crippen LogP contribution in [0.3, 0.4) is 0 Å². The molecule has 5 nitrogen and oxygen atoms in total. The first-order valence-corrected chi connectivity index (χ1v) is 7.23. The van der Waals surface area contributed by atoms with Crippen molar-refractivity contribution in [3.63, 3.8) is 0 Å². The van der Waals surface area contributed by atoms with Gasteiger partial charge in [-0.05, 0) is 31.4 Å². The highest BCUT2D eigenvalue weighted by Crippen LogP contribution is 2.08. The Morgan fingerprint density at radius 1 is 1.10 bits per heavy atom. The highest BCUT2D eigenvalue weighted by molar-refractivity contribution is 5.75. The van der Waals surface area contributed by atoms with Crippen LogP contribution in [0.5, 0.6) is 5.75 Å². The third-order valence-corrected chi connectivity index (χ3v) is 3.11. The second-order valence-electron chi connectivity index (χ2n) is 4.93. The van der Waals surface area contributed by atoms with Crippen molar-refractivity contribution >= 4 is 11.9 Å². The van der Waals surface area contributed by atoms with Crippen LogP contribution < -0.4 is 4.74 Å². The first-order chi connectivity index (χ1) is 10.1. The number of carbonyl (C=O) groups excluding carboxylic acids is 1. The lowest BCUT2D eigenvalue weighted by molar-refractivity contribution is -0.137. The molecule has 0 fully saturated rings. The molecular formula is C16H23NO4. The molecule has 0 aliphatic rings. The monoisotopic (exact) mass is 293 g/mol. The summed E-state index contributed by atoms with van der Waals surface area (Å²) >= 11 is 0. The molecule has 1 N–H and O–H groups in total. The van der Waals surface area contributed by atoms with Gasteiger partial charge in [-0.2, -0.15) is 0 Å². The number of hydrogen-bond acceptors (Lipinski definition) is 3. The number of rotatable bonds is 10. The zero-order chi connectivity index (χ0) is 15.5. The number of benzene rings is 1. The molecule has 0 aliphatic heterocycles. The molecule has 0 aliphatic carbocycles. The summed E-state index contributed by atoms with van der Waals surface area (Å²) in [4.78, 5) is 23.8. The van der Waals surface area contributed by atoms with Crippen LogP contribution in [0, 0.1) is 0 Å². The van der Waals surface area contributed by atoms with Crippen LogP contribution in [0.25, 0.3) is 0 Å². The van der Waals surface area contributed by atoms with Gasteiger partial charge in [0, 0.05) is 26.4 Å². The molecule has 0 heterocycles. The predicted molar refractivity (Wildman–Crippen MR) is 80.3 cm³/mol. The molecule has 0 saturated carbocycles. The Bertz CT molecular complexity index is 433. The van der Waals surface area contributed by atoms with Gasteiger partial charge >= 0.3 is 5.97 Å². The standard InChI is InChI=1S/C16H23NO4/c1-17(15(18)10-5-6-11-16(19)20)12-7-13-21-14-8-3-2-4-9-14/h2-4,8-9H,5-7,10-13H2,1H3,(H,19,20). The molecule has 1 amide bonds. The Labute approximate surface area is 125 Å². The van der Waals surface area contributed by atoms with Gasteiger partial charge < -0.3 is 14.7 Å². The van der Waals surface area contributed by atoms with E-state index < -0.39 is 5.97 Å². The molecule has 0 atom stereocenters. The summed E-state index contributed by atoms with van der Waals surface area (Å²) in [5, 5.41) is 8.52. The minimum Gasteiger partial charge on any atom is -0.494 e. The van der Waals surface area contributed by atoms with Crippen molar-refractivity contribution in [3.8, 4) is 5.75 Å². The van der Waals surface area contributed by atoms with Crippen LogP contribution in [-0.4, -0.2) is 42.1 Å². The summed E-state index contributed by atoms with van der Waals surface area (Å²) < 4.78 is 5.56. The van der Waals surface area contributed by atoms with Gasteiger partial charge in [0.25, 0.3) is 0 Å². The van der Waals surface area contributed by atoms with Crippen molar-refractivity contribution in [1.82, 2.24) is 4.90 Å². The van der Waals surface area contributed by atoms with E-state index in [0.717, 1.165) is 12.2 Å². The van der Waals surface area contributed by atoms with Crippen LogP contribution in [0.2, 0.25) is 0 Å². The number of carboxylic acid groups (broad SMARTS) is 1. The van der Waals surface area contributed by atoms with Gasteiger partial charge in [-0.3, -0.25) is 9.59 Å². The van der Waals surface area contributed by atoms with E-state index in [1.165, 1.54) is 0 Å². The summed E-state index contributed by atoms with van der Waals surface area (Å²) in [6, 6.07) is 9.57. The molecule has 1 aromatic carbocycles. The number of carbonyl (C=O) groups is 2. The van der Waals surface area contributed by atoms with E-state index in [1.54, 1.807) is 11.9 Å². The molecule has 0 bridgehead atoms. The molecule has 5 heteroatoms. The van der Waals surface area contributed by atoms with E-state index in [-0.39, 0.29) is 12.3 Å². The van der Waals surface area contributed by atoms with Crippen LogP contribution in [0.4, 0.5) is 0 Å². The number of nitrogens with zero attached hydrogens (tertiary/aromatic N) is 1. The third-order valence-electron chi connectivity index (χ3n) is 3.11. The van der Waals surface area contributed by atoms with E-state index in [4.69, 9.17) is 9.84 Å². The lowest BCUT2D eigenvalue weighted by Gasteiger charge is -2.17. The maximum Gasteiger partial charge on any atom is 0.303 e. The molecular weight excluding hydrogens is 270 g/mol. The lowest BCUT2D eigenvalue weighted by Crippen LogP contribution is -2.28. The zero-order valence-corrected chi connectivity index (χ0v) is 12.5. The first-order valence-electron chi connectivity index (χ1n) is 7.23. The second kappa shape index (κ2) is 9.80. The van der Waals surface area contributed by atoms with Crippen LogP contribution in [-0.2, 0) is 9.59 Å². The van der Waals surface area contributed by atoms with Crippen molar-refractivity contribution in [1.29, 1.82) is 0 Å². The van der Waals surface area contributed by atoms with Crippen molar-refractivity contribution in [2.75, 3.05) is 20.2 Å². The summed E-state index contributed by atoms with van der Waals surface area (Å²) in [7, 11) is 1.77. The smallest absolute Gasteiger partial charge is 0.303 e. The average molecular weight is 293 g/mol. The van der Waals surface area contributed by atoms with Crippen LogP contribution >= 0.6 is 0 Å². The van der Waals surface area contributed by atoms with Crippen molar-refractivity contribution in [2.24, 2.45) is 0 Å². The fraction of sp³-hybridized carbons (Fsp3) is 0.500. The first kappa shape index (κ1) is 17.0. The minimum absolute atomic E-state index is 0.0556. The van der Waals surface area contributed by atoms with E-state index in [0.29, 0.717) is 32.4 Å². The number of para-hydroxylation sites is 1. The number of ether oxygens (including phenoxy) is 1. The largest absolute Gasteiger partial charge is 0.494 e. The number of aliphatic carboxylic acids is 1. The van der Waals surface area contributed by atoms with E-state index >= 15 is 0 Å². The van der Waals surface area contributed by atoms with Gasteiger partial charge in [-0.25, -0.2) is 0 Å². The Balaban J connectivity index is 2.08. The van der Waals surface area contributed by atoms with Gasteiger partial charge in [0.05, 0.1) is 6.61 Å². The molecule has 0 radical (unpaired) electrons. The number of unbranched alkanes of at least 4 members (excludes halogenated alkanes) is 1. The van der Waals surface area contributed by atoms with Gasteiger partial charge in [0.15, 0.2) is 0 Å². The maximum atomic E-state index is 11.8. The maximum absolute atomic E-state index is 11.8. The minimum atomic E-state index is -0.811. The molecule has 0 saturated heterocycles. The van der Waals surface area contributed by atoms with Gasteiger partial charge in [0.1, 0.15) is 5.75 Å². The Hall–Kier alpha value is -2.04. The summed E-state index contributed by atoms with van der Waals surface area (Å²) in [6.45, 7) is 1.21. The van der Waals surface area contributed by atoms with Gasteiger partial charge in [0.2, 0.25) is 5.91 Å². The molecule has 21 heavy (non-hydrogen) atoms.